The Morgan fingerprint density at radius 3 is 1.56 bits per heavy atom. The molecule has 0 aliphatic heterocycles. The Balaban J connectivity index is 0. The lowest BCUT2D eigenvalue weighted by Gasteiger charge is -2.20. The highest BCUT2D eigenvalue weighted by Crippen LogP contribution is 2.29. The number of hydrogen-bond donors (Lipinski definition) is 3. The Hall–Kier alpha value is -0.565. The second kappa shape index (κ2) is 10.9. The molecule has 0 aromatic rings. The highest BCUT2D eigenvalue weighted by molar-refractivity contribution is 6.30. The van der Waals surface area contributed by atoms with Crippen LogP contribution in [0, 0.1) is 16.7 Å². The number of rotatable bonds is 6. The van der Waals surface area contributed by atoms with E-state index in [9.17, 15) is 0 Å². The first-order valence-corrected chi connectivity index (χ1v) is 5.87. The molecule has 0 heterocycles. The molecular weight excluding hydrogens is 205 g/mol. The second-order valence-electron chi connectivity index (χ2n) is 4.23. The smallest absolute Gasteiger partial charge is 0.402 e. The highest BCUT2D eigenvalue weighted by Gasteiger charge is 2.21. The van der Waals surface area contributed by atoms with E-state index in [1.165, 1.54) is 25.7 Å². The van der Waals surface area contributed by atoms with Gasteiger partial charge in [0, 0.05) is 0 Å². The summed E-state index contributed by atoms with van der Waals surface area (Å²) < 4.78 is 0. The van der Waals surface area contributed by atoms with Crippen molar-refractivity contribution in [2.24, 2.45) is 5.41 Å². The summed E-state index contributed by atoms with van der Waals surface area (Å²) in [5.74, 6) is 0. The van der Waals surface area contributed by atoms with E-state index in [1.807, 2.05) is 0 Å². The van der Waals surface area contributed by atoms with Crippen LogP contribution in [0.1, 0.15) is 59.3 Å². The minimum atomic E-state index is -2.17. The van der Waals surface area contributed by atoms with Gasteiger partial charge < -0.3 is 15.1 Å². The maximum absolute atomic E-state index is 8.99. The topological polar surface area (TPSA) is 84.5 Å². The van der Waals surface area contributed by atoms with Gasteiger partial charge in [-0.2, -0.15) is 5.26 Å². The summed E-state index contributed by atoms with van der Waals surface area (Å²) in [6.45, 7) is 6.45. The van der Waals surface area contributed by atoms with Gasteiger partial charge in [0.15, 0.2) is 0 Å². The molecule has 16 heavy (non-hydrogen) atoms. The minimum absolute atomic E-state index is 0.0496. The first-order valence-electron chi connectivity index (χ1n) is 5.87. The third-order valence-electron chi connectivity index (χ3n) is 2.43. The fourth-order valence-corrected chi connectivity index (χ4v) is 1.37. The molecule has 0 saturated carbocycles. The zero-order valence-corrected chi connectivity index (χ0v) is 10.6. The fraction of sp³-hybridized carbons (Fsp3) is 0.909. The lowest BCUT2D eigenvalue weighted by molar-refractivity contribution is 0.278. The first-order chi connectivity index (χ1) is 7.41. The zero-order valence-electron chi connectivity index (χ0n) is 10.6. The molecule has 0 amide bonds. The SMILES string of the molecule is CCCCC(C)(C#N)CCCC.OB(O)O. The molecule has 0 bridgehead atoms. The maximum Gasteiger partial charge on any atom is 0.631 e. The summed E-state index contributed by atoms with van der Waals surface area (Å²) >= 11 is 0. The monoisotopic (exact) mass is 229 g/mol. The Morgan fingerprint density at radius 2 is 1.38 bits per heavy atom. The summed E-state index contributed by atoms with van der Waals surface area (Å²) in [4.78, 5) is 0. The quantitative estimate of drug-likeness (QED) is 0.606. The van der Waals surface area contributed by atoms with Gasteiger partial charge in [0.25, 0.3) is 0 Å². The third kappa shape index (κ3) is 13.4. The molecule has 0 fully saturated rings. The molecule has 0 aromatic carbocycles. The van der Waals surface area contributed by atoms with Crippen molar-refractivity contribution in [3.8, 4) is 6.07 Å². The van der Waals surface area contributed by atoms with Crippen LogP contribution in [0.25, 0.3) is 0 Å². The van der Waals surface area contributed by atoms with Crippen LogP contribution in [0.3, 0.4) is 0 Å². The van der Waals surface area contributed by atoms with Gasteiger partial charge in [-0.1, -0.05) is 39.5 Å². The Kier molecular flexibility index (Phi) is 12.2. The van der Waals surface area contributed by atoms with Crippen LogP contribution in [0.2, 0.25) is 0 Å². The van der Waals surface area contributed by atoms with Crippen LogP contribution < -0.4 is 0 Å². The molecule has 0 saturated heterocycles. The highest BCUT2D eigenvalue weighted by atomic mass is 16.5. The van der Waals surface area contributed by atoms with E-state index in [2.05, 4.69) is 26.8 Å². The summed E-state index contributed by atoms with van der Waals surface area (Å²) in [6.07, 6.45) is 6.91. The minimum Gasteiger partial charge on any atom is -0.402 e. The van der Waals surface area contributed by atoms with Crippen molar-refractivity contribution < 1.29 is 15.1 Å². The summed E-state index contributed by atoms with van der Waals surface area (Å²) in [5, 5.41) is 30.5. The third-order valence-corrected chi connectivity index (χ3v) is 2.43. The van der Waals surface area contributed by atoms with Crippen molar-refractivity contribution in [2.45, 2.75) is 59.3 Å². The van der Waals surface area contributed by atoms with Crippen molar-refractivity contribution in [1.29, 1.82) is 5.26 Å². The zero-order chi connectivity index (χ0) is 13.0. The molecule has 0 aliphatic carbocycles. The standard InChI is InChI=1S/C11H21N.BH3O3/c1-4-6-8-11(3,10-12)9-7-5-2;2-1(3)4/h4-9H2,1-3H3;2-4H. The molecule has 0 unspecified atom stereocenters. The van der Waals surface area contributed by atoms with Gasteiger partial charge in [0.2, 0.25) is 0 Å². The van der Waals surface area contributed by atoms with Crippen LogP contribution >= 0.6 is 0 Å². The summed E-state index contributed by atoms with van der Waals surface area (Å²) in [5.41, 5.74) is -0.0496. The van der Waals surface area contributed by atoms with E-state index in [0.29, 0.717) is 0 Å². The van der Waals surface area contributed by atoms with Crippen LogP contribution in [0.5, 0.6) is 0 Å². The van der Waals surface area contributed by atoms with Gasteiger partial charge in [-0.05, 0) is 19.8 Å². The van der Waals surface area contributed by atoms with Crippen molar-refractivity contribution in [1.82, 2.24) is 0 Å². The van der Waals surface area contributed by atoms with Crippen molar-refractivity contribution in [3.05, 3.63) is 0 Å². The predicted molar refractivity (Wildman–Crippen MR) is 65.2 cm³/mol. The number of hydrogen-bond acceptors (Lipinski definition) is 4. The molecule has 4 nitrogen and oxygen atoms in total. The van der Waals surface area contributed by atoms with Gasteiger partial charge in [-0.25, -0.2) is 0 Å². The number of nitrogens with zero attached hydrogens (tertiary/aromatic N) is 1. The van der Waals surface area contributed by atoms with E-state index in [0.717, 1.165) is 12.8 Å². The van der Waals surface area contributed by atoms with E-state index in [4.69, 9.17) is 20.3 Å². The predicted octanol–water partition coefficient (Wildman–Crippen LogP) is 1.84. The second-order valence-corrected chi connectivity index (χ2v) is 4.23. The molecule has 0 radical (unpaired) electrons. The summed E-state index contributed by atoms with van der Waals surface area (Å²) in [7, 11) is -2.17. The molecule has 94 valence electrons. The Morgan fingerprint density at radius 1 is 1.06 bits per heavy atom. The average Bonchev–Trinajstić information content (AvgIpc) is 2.23. The van der Waals surface area contributed by atoms with Crippen LogP contribution in [0.15, 0.2) is 0 Å². The van der Waals surface area contributed by atoms with Crippen LogP contribution in [-0.4, -0.2) is 22.4 Å². The molecule has 0 aliphatic rings. The fourth-order valence-electron chi connectivity index (χ4n) is 1.37. The lowest BCUT2D eigenvalue weighted by Crippen LogP contribution is -2.13. The molecule has 0 atom stereocenters. The van der Waals surface area contributed by atoms with Crippen LogP contribution in [0.4, 0.5) is 0 Å². The van der Waals surface area contributed by atoms with Gasteiger partial charge in [-0.15, -0.1) is 0 Å². The molecular formula is C11H24BNO3. The average molecular weight is 229 g/mol. The van der Waals surface area contributed by atoms with E-state index in [-0.39, 0.29) is 5.41 Å². The van der Waals surface area contributed by atoms with Crippen molar-refractivity contribution in [2.75, 3.05) is 0 Å². The maximum atomic E-state index is 8.99. The lowest BCUT2D eigenvalue weighted by atomic mass is 9.82. The summed E-state index contributed by atoms with van der Waals surface area (Å²) in [6, 6.07) is 2.45. The molecule has 3 N–H and O–H groups in total. The van der Waals surface area contributed by atoms with Crippen molar-refractivity contribution >= 4 is 7.32 Å². The molecule has 0 rings (SSSR count). The van der Waals surface area contributed by atoms with Gasteiger partial charge in [-0.3, -0.25) is 0 Å². The number of unbranched alkanes of at least 4 members (excludes halogenated alkanes) is 2. The first kappa shape index (κ1) is 17.8. The van der Waals surface area contributed by atoms with Gasteiger partial charge in [0.05, 0.1) is 11.5 Å². The van der Waals surface area contributed by atoms with Gasteiger partial charge in [0.1, 0.15) is 0 Å². The van der Waals surface area contributed by atoms with Gasteiger partial charge >= 0.3 is 7.32 Å². The van der Waals surface area contributed by atoms with Crippen LogP contribution in [-0.2, 0) is 0 Å². The largest absolute Gasteiger partial charge is 0.631 e. The van der Waals surface area contributed by atoms with E-state index in [1.54, 1.807) is 0 Å². The Bertz CT molecular complexity index is 181. The molecule has 0 spiro atoms. The van der Waals surface area contributed by atoms with E-state index >= 15 is 0 Å². The molecule has 0 aromatic heterocycles. The van der Waals surface area contributed by atoms with Crippen molar-refractivity contribution in [3.63, 3.8) is 0 Å². The Labute approximate surface area is 99.1 Å². The number of nitriles is 1. The normalized spacial score (nSPS) is 10.1. The molecule has 5 heteroatoms. The van der Waals surface area contributed by atoms with E-state index < -0.39 is 7.32 Å².